The molecule has 1 N–H and O–H groups in total. The average molecular weight is 263 g/mol. The molecule has 6 nitrogen and oxygen atoms in total. The van der Waals surface area contributed by atoms with Crippen molar-refractivity contribution < 1.29 is 19.1 Å². The summed E-state index contributed by atoms with van der Waals surface area (Å²) < 4.78 is 12.0. The fourth-order valence-electron chi connectivity index (χ4n) is 2.48. The molecule has 1 unspecified atom stereocenters. The lowest BCUT2D eigenvalue weighted by atomic mass is 9.83. The third-order valence-electron chi connectivity index (χ3n) is 3.64. The molecule has 1 atom stereocenters. The van der Waals surface area contributed by atoms with Gasteiger partial charge >= 0.3 is 11.7 Å². The Morgan fingerprint density at radius 1 is 1.53 bits per heavy atom. The number of nitrogens with zero attached hydrogens (tertiary/aromatic N) is 1. The first-order valence-electron chi connectivity index (χ1n) is 5.98. The van der Waals surface area contributed by atoms with Crippen molar-refractivity contribution in [1.29, 1.82) is 0 Å². The Bertz CT molecular complexity index is 707. The highest BCUT2D eigenvalue weighted by Gasteiger charge is 2.42. The predicted octanol–water partition coefficient (Wildman–Crippen LogP) is 1.22. The van der Waals surface area contributed by atoms with Crippen LogP contribution >= 0.6 is 0 Å². The minimum atomic E-state index is -0.908. The maximum Gasteiger partial charge on any atom is 0.419 e. The Morgan fingerprint density at radius 3 is 2.84 bits per heavy atom. The Hall–Kier alpha value is -2.08. The molecule has 0 aliphatic carbocycles. The lowest BCUT2D eigenvalue weighted by Crippen LogP contribution is -2.42. The van der Waals surface area contributed by atoms with Crippen molar-refractivity contribution in [1.82, 2.24) is 4.57 Å². The van der Waals surface area contributed by atoms with Gasteiger partial charge in [0.25, 0.3) is 0 Å². The fraction of sp³-hybridized carbons (Fsp3) is 0.385. The Labute approximate surface area is 108 Å². The molecule has 2 aromatic rings. The number of rotatable bonds is 3. The molecule has 1 fully saturated rings. The van der Waals surface area contributed by atoms with Gasteiger partial charge in [0.2, 0.25) is 0 Å². The van der Waals surface area contributed by atoms with Gasteiger partial charge < -0.3 is 14.3 Å². The van der Waals surface area contributed by atoms with Crippen LogP contribution in [0.1, 0.15) is 18.4 Å². The number of aryl methyl sites for hydroxylation is 1. The molecule has 3 rings (SSSR count). The number of hydrogen-bond donors (Lipinski definition) is 1. The zero-order chi connectivity index (χ0) is 13.6. The maximum absolute atomic E-state index is 11.4. The van der Waals surface area contributed by atoms with E-state index in [-0.39, 0.29) is 6.42 Å². The van der Waals surface area contributed by atoms with Crippen LogP contribution < -0.4 is 5.76 Å². The summed E-state index contributed by atoms with van der Waals surface area (Å²) in [6.07, 6.45) is 0.567. The first-order valence-corrected chi connectivity index (χ1v) is 5.98. The highest BCUT2D eigenvalue weighted by atomic mass is 16.5. The number of carboxylic acid groups (broad SMARTS) is 1. The third kappa shape index (κ3) is 1.76. The van der Waals surface area contributed by atoms with E-state index in [1.54, 1.807) is 25.2 Å². The van der Waals surface area contributed by atoms with Crippen molar-refractivity contribution in [2.75, 3.05) is 6.61 Å². The second kappa shape index (κ2) is 3.96. The molecule has 0 amide bonds. The van der Waals surface area contributed by atoms with Gasteiger partial charge in [0.1, 0.15) is 5.60 Å². The number of carbonyl (C=O) groups is 1. The van der Waals surface area contributed by atoms with E-state index >= 15 is 0 Å². The van der Waals surface area contributed by atoms with Gasteiger partial charge in [-0.2, -0.15) is 0 Å². The zero-order valence-corrected chi connectivity index (χ0v) is 10.4. The van der Waals surface area contributed by atoms with Gasteiger partial charge in [0, 0.05) is 13.5 Å². The van der Waals surface area contributed by atoms with Crippen molar-refractivity contribution in [3.05, 3.63) is 34.3 Å². The molecule has 19 heavy (non-hydrogen) atoms. The van der Waals surface area contributed by atoms with Gasteiger partial charge in [-0.15, -0.1) is 0 Å². The molecular weight excluding hydrogens is 250 g/mol. The van der Waals surface area contributed by atoms with Crippen molar-refractivity contribution in [3.8, 4) is 0 Å². The molecule has 100 valence electrons. The summed E-state index contributed by atoms with van der Waals surface area (Å²) in [6.45, 7) is 0.546. The second-order valence-electron chi connectivity index (χ2n) is 4.77. The number of aromatic nitrogens is 1. The van der Waals surface area contributed by atoms with Crippen LogP contribution in [0.2, 0.25) is 0 Å². The molecule has 1 aromatic heterocycles. The topological polar surface area (TPSA) is 81.7 Å². The van der Waals surface area contributed by atoms with E-state index in [9.17, 15) is 9.59 Å². The van der Waals surface area contributed by atoms with E-state index < -0.39 is 17.3 Å². The van der Waals surface area contributed by atoms with E-state index in [0.717, 1.165) is 5.56 Å². The summed E-state index contributed by atoms with van der Waals surface area (Å²) in [5, 5.41) is 8.98. The molecule has 2 heterocycles. The molecule has 1 aliphatic heterocycles. The van der Waals surface area contributed by atoms with Gasteiger partial charge in [0.15, 0.2) is 5.58 Å². The van der Waals surface area contributed by atoms with Crippen LogP contribution in [0.15, 0.2) is 27.4 Å². The third-order valence-corrected chi connectivity index (χ3v) is 3.64. The predicted molar refractivity (Wildman–Crippen MR) is 66.0 cm³/mol. The van der Waals surface area contributed by atoms with Gasteiger partial charge in [-0.05, 0) is 17.7 Å². The number of carboxylic acids is 1. The maximum atomic E-state index is 11.4. The van der Waals surface area contributed by atoms with Crippen molar-refractivity contribution in [2.24, 2.45) is 7.05 Å². The highest BCUT2D eigenvalue weighted by molar-refractivity contribution is 5.75. The smallest absolute Gasteiger partial charge is 0.419 e. The molecule has 0 saturated carbocycles. The lowest BCUT2D eigenvalue weighted by Gasteiger charge is -2.41. The van der Waals surface area contributed by atoms with Gasteiger partial charge in [-0.1, -0.05) is 6.07 Å². The van der Waals surface area contributed by atoms with E-state index in [1.165, 1.54) is 4.57 Å². The summed E-state index contributed by atoms with van der Waals surface area (Å²) in [6, 6.07) is 5.24. The average Bonchev–Trinajstić information content (AvgIpc) is 2.59. The molecule has 1 aromatic carbocycles. The monoisotopic (exact) mass is 263 g/mol. The molecule has 6 heteroatoms. The first kappa shape index (κ1) is 12.0. The quantitative estimate of drug-likeness (QED) is 0.900. The molecule has 0 bridgehead atoms. The molecule has 0 radical (unpaired) electrons. The first-order chi connectivity index (χ1) is 9.02. The number of hydrogen-bond acceptors (Lipinski definition) is 4. The van der Waals surface area contributed by atoms with E-state index in [1.807, 2.05) is 0 Å². The molecule has 0 spiro atoms. The SMILES string of the molecule is Cn1c(=O)oc2cc(C3(CC(=O)O)CCO3)ccc21. The highest BCUT2D eigenvalue weighted by Crippen LogP contribution is 2.41. The van der Waals surface area contributed by atoms with Crippen molar-refractivity contribution in [3.63, 3.8) is 0 Å². The number of ether oxygens (including phenoxy) is 1. The van der Waals surface area contributed by atoms with Crippen molar-refractivity contribution in [2.45, 2.75) is 18.4 Å². The standard InChI is InChI=1S/C13H13NO5/c1-14-9-3-2-8(6-10(9)19-12(14)17)13(4-5-18-13)7-11(15)16/h2-3,6H,4-5,7H2,1H3,(H,15,16). The Morgan fingerprint density at radius 2 is 2.26 bits per heavy atom. The molecular formula is C13H13NO5. The zero-order valence-electron chi connectivity index (χ0n) is 10.4. The number of oxazole rings is 1. The summed E-state index contributed by atoms with van der Waals surface area (Å²) in [4.78, 5) is 22.4. The number of fused-ring (bicyclic) bond motifs is 1. The van der Waals surface area contributed by atoms with E-state index in [0.29, 0.717) is 24.1 Å². The van der Waals surface area contributed by atoms with E-state index in [4.69, 9.17) is 14.3 Å². The van der Waals surface area contributed by atoms with Gasteiger partial charge in [-0.25, -0.2) is 4.79 Å². The van der Waals surface area contributed by atoms with Gasteiger partial charge in [-0.3, -0.25) is 9.36 Å². The largest absolute Gasteiger partial charge is 0.481 e. The van der Waals surface area contributed by atoms with E-state index in [2.05, 4.69) is 0 Å². The van der Waals surface area contributed by atoms with Crippen LogP contribution in [-0.2, 0) is 22.2 Å². The molecule has 1 saturated heterocycles. The van der Waals surface area contributed by atoms with Crippen LogP contribution in [0.3, 0.4) is 0 Å². The van der Waals surface area contributed by atoms with Gasteiger partial charge in [0.05, 0.1) is 18.5 Å². The number of benzene rings is 1. The normalized spacial score (nSPS) is 22.4. The van der Waals surface area contributed by atoms with Crippen LogP contribution in [0, 0.1) is 0 Å². The number of aliphatic carboxylic acids is 1. The summed E-state index contributed by atoms with van der Waals surface area (Å²) in [7, 11) is 1.63. The molecule has 1 aliphatic rings. The minimum Gasteiger partial charge on any atom is -0.481 e. The van der Waals surface area contributed by atoms with Crippen LogP contribution in [0.5, 0.6) is 0 Å². The van der Waals surface area contributed by atoms with Crippen LogP contribution in [-0.4, -0.2) is 22.2 Å². The Kier molecular flexibility index (Phi) is 2.50. The lowest BCUT2D eigenvalue weighted by molar-refractivity contribution is -0.176. The second-order valence-corrected chi connectivity index (χ2v) is 4.77. The summed E-state index contributed by atoms with van der Waals surface area (Å²) in [5.41, 5.74) is 1.08. The van der Waals surface area contributed by atoms with Crippen LogP contribution in [0.4, 0.5) is 0 Å². The Balaban J connectivity index is 2.10. The summed E-state index contributed by atoms with van der Waals surface area (Å²) >= 11 is 0. The summed E-state index contributed by atoms with van der Waals surface area (Å²) in [5.74, 6) is -1.34. The fourth-order valence-corrected chi connectivity index (χ4v) is 2.48. The van der Waals surface area contributed by atoms with Crippen LogP contribution in [0.25, 0.3) is 11.1 Å². The van der Waals surface area contributed by atoms with Crippen molar-refractivity contribution >= 4 is 17.1 Å². The minimum absolute atomic E-state index is 0.0877.